The highest BCUT2D eigenvalue weighted by molar-refractivity contribution is 6.05. The van der Waals surface area contributed by atoms with Crippen molar-refractivity contribution in [1.82, 2.24) is 9.78 Å². The number of anilines is 1. The maximum atomic E-state index is 13.8. The first kappa shape index (κ1) is 23.3. The van der Waals surface area contributed by atoms with Gasteiger partial charge in [0.15, 0.2) is 5.69 Å². The predicted molar refractivity (Wildman–Crippen MR) is 117 cm³/mol. The molecule has 0 atom stereocenters. The van der Waals surface area contributed by atoms with Crippen molar-refractivity contribution in [3.05, 3.63) is 76.9 Å². The van der Waals surface area contributed by atoms with Gasteiger partial charge in [-0.1, -0.05) is 18.2 Å². The number of ether oxygens (including phenoxy) is 2. The molecule has 7 nitrogen and oxygen atoms in total. The molecule has 10 heteroatoms. The molecule has 0 radical (unpaired) electrons. The van der Waals surface area contributed by atoms with Crippen LogP contribution in [0.4, 0.5) is 18.9 Å². The maximum absolute atomic E-state index is 13.8. The van der Waals surface area contributed by atoms with Gasteiger partial charge in [-0.05, 0) is 50.0 Å². The zero-order valence-corrected chi connectivity index (χ0v) is 18.6. The van der Waals surface area contributed by atoms with Crippen molar-refractivity contribution >= 4 is 17.6 Å². The Morgan fingerprint density at radius 3 is 2.32 bits per heavy atom. The molecule has 0 saturated carbocycles. The number of methoxy groups -OCH3 is 2. The van der Waals surface area contributed by atoms with E-state index in [1.807, 2.05) is 0 Å². The Labute approximate surface area is 193 Å². The lowest BCUT2D eigenvalue weighted by molar-refractivity contribution is -0.142. The number of esters is 2. The number of alkyl halides is 3. The standard InChI is InChI=1S/C24H22F3N3O4/c1-33-22(31)16-10-7-8-14-29(20(16)23(32)34-2)18-12-5-6-13-19(18)30-17-11-4-3-9-15(17)21(28-30)24(25,26)27/h5-8,10,12-14H,3-4,9,11H2,1-2H3. The van der Waals surface area contributed by atoms with Gasteiger partial charge in [-0.3, -0.25) is 0 Å². The van der Waals surface area contributed by atoms with E-state index in [-0.39, 0.29) is 16.8 Å². The van der Waals surface area contributed by atoms with Crippen LogP contribution in [0.5, 0.6) is 0 Å². The normalized spacial score (nSPS) is 15.7. The van der Waals surface area contributed by atoms with Gasteiger partial charge in [0.2, 0.25) is 0 Å². The van der Waals surface area contributed by atoms with Crippen LogP contribution >= 0.6 is 0 Å². The Balaban J connectivity index is 1.96. The summed E-state index contributed by atoms with van der Waals surface area (Å²) in [6, 6.07) is 6.60. The summed E-state index contributed by atoms with van der Waals surface area (Å²) in [4.78, 5) is 26.6. The molecule has 1 aliphatic carbocycles. The van der Waals surface area contributed by atoms with Crippen LogP contribution < -0.4 is 4.90 Å². The summed E-state index contributed by atoms with van der Waals surface area (Å²) in [5, 5.41) is 3.97. The number of hydrogen-bond donors (Lipinski definition) is 0. The molecule has 0 spiro atoms. The van der Waals surface area contributed by atoms with Crippen molar-refractivity contribution in [2.75, 3.05) is 19.1 Å². The van der Waals surface area contributed by atoms with Crippen LogP contribution in [-0.4, -0.2) is 35.9 Å². The van der Waals surface area contributed by atoms with Crippen molar-refractivity contribution in [3.8, 4) is 5.69 Å². The SMILES string of the molecule is COC(=O)C1=C(C(=O)OC)N(c2ccccc2-n2nc(C(F)(F)F)c3c2CCCC3)C=CC=C1. The first-order valence-corrected chi connectivity index (χ1v) is 10.6. The first-order valence-electron chi connectivity index (χ1n) is 10.6. The number of allylic oxidation sites excluding steroid dienone is 2. The molecule has 0 fully saturated rings. The van der Waals surface area contributed by atoms with E-state index in [0.717, 1.165) is 6.42 Å². The molecule has 1 aromatic heterocycles. The summed E-state index contributed by atoms with van der Waals surface area (Å²) < 4.78 is 52.4. The lowest BCUT2D eigenvalue weighted by Gasteiger charge is -2.26. The second-order valence-corrected chi connectivity index (χ2v) is 7.70. The number of fused-ring (bicyclic) bond motifs is 1. The molecule has 0 N–H and O–H groups in total. The minimum absolute atomic E-state index is 0.0624. The van der Waals surface area contributed by atoms with Gasteiger partial charge in [0.05, 0.1) is 31.2 Å². The lowest BCUT2D eigenvalue weighted by Crippen LogP contribution is -2.28. The second-order valence-electron chi connectivity index (χ2n) is 7.70. The van der Waals surface area contributed by atoms with Gasteiger partial charge in [0, 0.05) is 17.5 Å². The number of aromatic nitrogens is 2. The van der Waals surface area contributed by atoms with E-state index in [9.17, 15) is 22.8 Å². The molecule has 2 aromatic rings. The molecule has 1 aromatic carbocycles. The maximum Gasteiger partial charge on any atom is 0.435 e. The molecule has 2 heterocycles. The van der Waals surface area contributed by atoms with Gasteiger partial charge in [-0.15, -0.1) is 0 Å². The molecular weight excluding hydrogens is 451 g/mol. The quantitative estimate of drug-likeness (QED) is 0.618. The van der Waals surface area contributed by atoms with E-state index in [4.69, 9.17) is 9.47 Å². The van der Waals surface area contributed by atoms with Gasteiger partial charge >= 0.3 is 18.1 Å². The Hall–Kier alpha value is -3.82. The van der Waals surface area contributed by atoms with Gasteiger partial charge in [0.1, 0.15) is 5.70 Å². The van der Waals surface area contributed by atoms with Crippen LogP contribution in [-0.2, 0) is 38.1 Å². The second kappa shape index (κ2) is 9.20. The average Bonchev–Trinajstić information content (AvgIpc) is 3.10. The van der Waals surface area contributed by atoms with E-state index < -0.39 is 23.8 Å². The zero-order chi connectivity index (χ0) is 24.5. The first-order chi connectivity index (χ1) is 16.3. The highest BCUT2D eigenvalue weighted by Gasteiger charge is 2.40. The summed E-state index contributed by atoms with van der Waals surface area (Å²) >= 11 is 0. The van der Waals surface area contributed by atoms with E-state index in [1.54, 1.807) is 36.4 Å². The van der Waals surface area contributed by atoms with E-state index in [2.05, 4.69) is 5.10 Å². The number of halogens is 3. The predicted octanol–water partition coefficient (Wildman–Crippen LogP) is 4.26. The Kier molecular flexibility index (Phi) is 6.32. The molecule has 178 valence electrons. The van der Waals surface area contributed by atoms with Crippen LogP contribution in [0.25, 0.3) is 5.69 Å². The largest absolute Gasteiger partial charge is 0.465 e. The summed E-state index contributed by atoms with van der Waals surface area (Å²) in [6.45, 7) is 0. The molecule has 2 aliphatic rings. The molecule has 0 saturated heterocycles. The van der Waals surface area contributed by atoms with Crippen molar-refractivity contribution in [1.29, 1.82) is 0 Å². The number of rotatable bonds is 4. The molecule has 4 rings (SSSR count). The van der Waals surface area contributed by atoms with Crippen LogP contribution in [0.1, 0.15) is 29.8 Å². The van der Waals surface area contributed by atoms with E-state index >= 15 is 0 Å². The Morgan fingerprint density at radius 2 is 1.65 bits per heavy atom. The lowest BCUT2D eigenvalue weighted by atomic mass is 9.95. The van der Waals surface area contributed by atoms with Crippen molar-refractivity contribution in [2.45, 2.75) is 31.9 Å². The molecule has 1 aliphatic heterocycles. The number of para-hydroxylation sites is 2. The smallest absolute Gasteiger partial charge is 0.435 e. The average molecular weight is 473 g/mol. The monoisotopic (exact) mass is 473 g/mol. The Morgan fingerprint density at radius 1 is 0.971 bits per heavy atom. The Bertz CT molecular complexity index is 1220. The van der Waals surface area contributed by atoms with Gasteiger partial charge in [-0.25, -0.2) is 14.3 Å². The topological polar surface area (TPSA) is 73.7 Å². The number of carbonyl (C=O) groups excluding carboxylic acids is 2. The zero-order valence-electron chi connectivity index (χ0n) is 18.6. The molecule has 0 bridgehead atoms. The third kappa shape index (κ3) is 4.11. The molecule has 0 amide bonds. The minimum atomic E-state index is -4.59. The van der Waals surface area contributed by atoms with Crippen LogP contribution in [0.15, 0.2) is 60.0 Å². The number of nitrogens with zero attached hydrogens (tertiary/aromatic N) is 3. The third-order valence-electron chi connectivity index (χ3n) is 5.71. The van der Waals surface area contributed by atoms with Crippen molar-refractivity contribution in [3.63, 3.8) is 0 Å². The van der Waals surface area contributed by atoms with Gasteiger partial charge in [-0.2, -0.15) is 18.3 Å². The van der Waals surface area contributed by atoms with Crippen LogP contribution in [0.2, 0.25) is 0 Å². The molecule has 34 heavy (non-hydrogen) atoms. The van der Waals surface area contributed by atoms with Gasteiger partial charge in [0.25, 0.3) is 0 Å². The fraction of sp³-hybridized carbons (Fsp3) is 0.292. The van der Waals surface area contributed by atoms with Crippen molar-refractivity contribution in [2.24, 2.45) is 0 Å². The van der Waals surface area contributed by atoms with Gasteiger partial charge < -0.3 is 14.4 Å². The number of hydrogen-bond acceptors (Lipinski definition) is 6. The summed E-state index contributed by atoms with van der Waals surface area (Å²) in [5.41, 5.74) is 0.253. The van der Waals surface area contributed by atoms with E-state index in [0.29, 0.717) is 36.3 Å². The number of benzene rings is 1. The fourth-order valence-electron chi connectivity index (χ4n) is 4.22. The summed E-state index contributed by atoms with van der Waals surface area (Å²) in [6.07, 6.45) is 3.62. The number of carbonyl (C=O) groups is 2. The van der Waals surface area contributed by atoms with Crippen LogP contribution in [0, 0.1) is 0 Å². The fourth-order valence-corrected chi connectivity index (χ4v) is 4.22. The highest BCUT2D eigenvalue weighted by atomic mass is 19.4. The highest BCUT2D eigenvalue weighted by Crippen LogP contribution is 2.39. The third-order valence-corrected chi connectivity index (χ3v) is 5.71. The summed E-state index contributed by atoms with van der Waals surface area (Å²) in [5.74, 6) is -1.58. The minimum Gasteiger partial charge on any atom is -0.465 e. The van der Waals surface area contributed by atoms with E-state index in [1.165, 1.54) is 36.1 Å². The molecule has 0 unspecified atom stereocenters. The summed E-state index contributed by atoms with van der Waals surface area (Å²) in [7, 11) is 2.36. The molecular formula is C24H22F3N3O4. The van der Waals surface area contributed by atoms with Crippen LogP contribution in [0.3, 0.4) is 0 Å². The van der Waals surface area contributed by atoms with Crippen molar-refractivity contribution < 1.29 is 32.2 Å².